The van der Waals surface area contributed by atoms with Gasteiger partial charge in [0.05, 0.1) is 16.8 Å². The standard InChI is InChI=1S/C21H25N7O/c1-23-12-17-19(28-9-7-24-8-10-28)6-4-16(20(17)22)21(29)25-15-3-5-18-14(11-15)13-27(2)26-18/h3-6,11-13,22-24H,7-10H2,1-2H3,(H,25,29)/b17-12-,22-20?. The molecule has 8 nitrogen and oxygen atoms in total. The fourth-order valence-corrected chi connectivity index (χ4v) is 3.69. The zero-order valence-corrected chi connectivity index (χ0v) is 16.6. The van der Waals surface area contributed by atoms with Gasteiger partial charge in [0.15, 0.2) is 0 Å². The number of nitrogens with zero attached hydrogens (tertiary/aromatic N) is 3. The summed E-state index contributed by atoms with van der Waals surface area (Å²) in [6, 6.07) is 5.59. The molecule has 2 heterocycles. The molecular formula is C21H25N7O. The van der Waals surface area contributed by atoms with Crippen LogP contribution in [0.5, 0.6) is 0 Å². The largest absolute Gasteiger partial charge is 0.393 e. The number of carbonyl (C=O) groups excluding carboxylic acids is 1. The Morgan fingerprint density at radius 2 is 2.07 bits per heavy atom. The lowest BCUT2D eigenvalue weighted by atomic mass is 9.93. The second kappa shape index (κ2) is 7.92. The van der Waals surface area contributed by atoms with Crippen molar-refractivity contribution in [3.8, 4) is 0 Å². The van der Waals surface area contributed by atoms with Crippen molar-refractivity contribution >= 4 is 28.2 Å². The quantitative estimate of drug-likeness (QED) is 0.631. The summed E-state index contributed by atoms with van der Waals surface area (Å²) in [5.74, 6) is -0.296. The van der Waals surface area contributed by atoms with Gasteiger partial charge in [-0.15, -0.1) is 0 Å². The first-order chi connectivity index (χ1) is 14.1. The van der Waals surface area contributed by atoms with Crippen molar-refractivity contribution in [2.45, 2.75) is 0 Å². The lowest BCUT2D eigenvalue weighted by Gasteiger charge is -2.34. The van der Waals surface area contributed by atoms with Crippen molar-refractivity contribution in [3.63, 3.8) is 0 Å². The summed E-state index contributed by atoms with van der Waals surface area (Å²) >= 11 is 0. The van der Waals surface area contributed by atoms with Gasteiger partial charge in [-0.2, -0.15) is 5.10 Å². The molecule has 0 bridgehead atoms. The number of carbonyl (C=O) groups is 1. The van der Waals surface area contributed by atoms with Gasteiger partial charge in [-0.05, 0) is 30.4 Å². The summed E-state index contributed by atoms with van der Waals surface area (Å²) in [4.78, 5) is 15.2. The Morgan fingerprint density at radius 1 is 1.28 bits per heavy atom. The van der Waals surface area contributed by atoms with E-state index in [0.29, 0.717) is 11.3 Å². The van der Waals surface area contributed by atoms with Crippen molar-refractivity contribution in [2.24, 2.45) is 7.05 Å². The average Bonchev–Trinajstić information content (AvgIpc) is 3.09. The van der Waals surface area contributed by atoms with Crippen LogP contribution in [0.15, 0.2) is 59.6 Å². The highest BCUT2D eigenvalue weighted by Crippen LogP contribution is 2.26. The minimum Gasteiger partial charge on any atom is -0.393 e. The van der Waals surface area contributed by atoms with E-state index in [1.165, 1.54) is 0 Å². The molecule has 0 atom stereocenters. The summed E-state index contributed by atoms with van der Waals surface area (Å²) in [6.45, 7) is 3.57. The molecule has 0 saturated carbocycles. The fourth-order valence-electron chi connectivity index (χ4n) is 3.69. The molecule has 0 spiro atoms. The van der Waals surface area contributed by atoms with Crippen molar-refractivity contribution in [1.82, 2.24) is 25.3 Å². The molecule has 4 rings (SSSR count). The molecule has 29 heavy (non-hydrogen) atoms. The number of allylic oxidation sites excluding steroid dienone is 3. The summed E-state index contributed by atoms with van der Waals surface area (Å²) in [5, 5.41) is 23.2. The predicted octanol–water partition coefficient (Wildman–Crippen LogP) is 1.36. The Hall–Kier alpha value is -3.39. The Morgan fingerprint density at radius 3 is 2.83 bits per heavy atom. The van der Waals surface area contributed by atoms with E-state index in [9.17, 15) is 4.79 Å². The molecule has 1 aromatic heterocycles. The van der Waals surface area contributed by atoms with Gasteiger partial charge in [0, 0.05) is 75.0 Å². The molecule has 2 aromatic rings. The number of nitrogens with one attached hydrogen (secondary N) is 4. The van der Waals surface area contributed by atoms with Crippen LogP contribution in [0, 0.1) is 5.41 Å². The van der Waals surface area contributed by atoms with Gasteiger partial charge < -0.3 is 20.9 Å². The van der Waals surface area contributed by atoms with Crippen LogP contribution in [-0.4, -0.2) is 59.5 Å². The lowest BCUT2D eigenvalue weighted by molar-refractivity contribution is -0.112. The van der Waals surface area contributed by atoms with Gasteiger partial charge in [0.25, 0.3) is 5.91 Å². The number of piperazine rings is 1. The number of rotatable bonds is 4. The van der Waals surface area contributed by atoms with E-state index in [1.54, 1.807) is 24.0 Å². The van der Waals surface area contributed by atoms with E-state index in [1.807, 2.05) is 37.5 Å². The van der Waals surface area contributed by atoms with Crippen LogP contribution in [0.3, 0.4) is 0 Å². The highest BCUT2D eigenvalue weighted by molar-refractivity contribution is 6.31. The van der Waals surface area contributed by atoms with E-state index < -0.39 is 0 Å². The molecule has 2 aliphatic rings. The van der Waals surface area contributed by atoms with Crippen LogP contribution < -0.4 is 16.0 Å². The Labute approximate surface area is 169 Å². The average molecular weight is 391 g/mol. The molecule has 1 amide bonds. The van der Waals surface area contributed by atoms with E-state index in [4.69, 9.17) is 5.41 Å². The highest BCUT2D eigenvalue weighted by atomic mass is 16.1. The number of aryl methyl sites for hydroxylation is 1. The molecule has 150 valence electrons. The van der Waals surface area contributed by atoms with Gasteiger partial charge in [-0.25, -0.2) is 0 Å². The monoisotopic (exact) mass is 391 g/mol. The molecule has 0 unspecified atom stereocenters. The number of hydrogen-bond acceptors (Lipinski definition) is 6. The summed E-state index contributed by atoms with van der Waals surface area (Å²) in [7, 11) is 3.67. The first-order valence-corrected chi connectivity index (χ1v) is 9.66. The van der Waals surface area contributed by atoms with Gasteiger partial charge in [-0.1, -0.05) is 0 Å². The van der Waals surface area contributed by atoms with Crippen molar-refractivity contribution in [3.05, 3.63) is 59.6 Å². The molecular weight excluding hydrogens is 366 g/mol. The van der Waals surface area contributed by atoms with Gasteiger partial charge in [0.1, 0.15) is 0 Å². The normalized spacial score (nSPS) is 18.6. The zero-order chi connectivity index (χ0) is 20.4. The number of aromatic nitrogens is 2. The first-order valence-electron chi connectivity index (χ1n) is 9.66. The molecule has 0 radical (unpaired) electrons. The van der Waals surface area contributed by atoms with Gasteiger partial charge in [0.2, 0.25) is 0 Å². The van der Waals surface area contributed by atoms with E-state index in [0.717, 1.165) is 48.4 Å². The van der Waals surface area contributed by atoms with Crippen molar-refractivity contribution in [1.29, 1.82) is 5.41 Å². The third-order valence-electron chi connectivity index (χ3n) is 5.09. The summed E-state index contributed by atoms with van der Waals surface area (Å²) in [6.07, 6.45) is 7.37. The number of fused-ring (bicyclic) bond motifs is 1. The van der Waals surface area contributed by atoms with Crippen LogP contribution in [0.4, 0.5) is 5.69 Å². The highest BCUT2D eigenvalue weighted by Gasteiger charge is 2.27. The summed E-state index contributed by atoms with van der Waals surface area (Å²) < 4.78 is 1.74. The molecule has 1 aromatic carbocycles. The van der Waals surface area contributed by atoms with Gasteiger partial charge >= 0.3 is 0 Å². The molecule has 1 saturated heterocycles. The van der Waals surface area contributed by atoms with E-state index in [2.05, 4.69) is 25.9 Å². The van der Waals surface area contributed by atoms with E-state index in [-0.39, 0.29) is 11.6 Å². The third kappa shape index (κ3) is 3.79. The number of benzene rings is 1. The molecule has 8 heteroatoms. The maximum Gasteiger partial charge on any atom is 0.257 e. The topological polar surface area (TPSA) is 98.1 Å². The van der Waals surface area contributed by atoms with Gasteiger partial charge in [-0.3, -0.25) is 14.9 Å². The van der Waals surface area contributed by atoms with Crippen LogP contribution in [0.1, 0.15) is 0 Å². The predicted molar refractivity (Wildman–Crippen MR) is 115 cm³/mol. The number of amides is 1. The number of anilines is 1. The molecule has 1 aliphatic heterocycles. The Kier molecular flexibility index (Phi) is 5.18. The second-order valence-electron chi connectivity index (χ2n) is 7.12. The van der Waals surface area contributed by atoms with Crippen LogP contribution in [0.2, 0.25) is 0 Å². The SMILES string of the molecule is CN/C=C1\C(=N)C(C(=O)Nc2ccc3nn(C)cc3c2)=CC=C1N1CCNCC1. The van der Waals surface area contributed by atoms with Crippen molar-refractivity contribution in [2.75, 3.05) is 38.5 Å². The smallest absolute Gasteiger partial charge is 0.257 e. The Balaban J connectivity index is 1.59. The second-order valence-corrected chi connectivity index (χ2v) is 7.12. The maximum atomic E-state index is 12.9. The molecule has 1 aliphatic carbocycles. The van der Waals surface area contributed by atoms with Crippen LogP contribution >= 0.6 is 0 Å². The lowest BCUT2D eigenvalue weighted by Crippen LogP contribution is -2.44. The minimum absolute atomic E-state index is 0.218. The summed E-state index contributed by atoms with van der Waals surface area (Å²) in [5.41, 5.74) is 3.81. The van der Waals surface area contributed by atoms with Crippen LogP contribution in [-0.2, 0) is 11.8 Å². The van der Waals surface area contributed by atoms with E-state index >= 15 is 0 Å². The minimum atomic E-state index is -0.296. The van der Waals surface area contributed by atoms with Crippen molar-refractivity contribution < 1.29 is 4.79 Å². The zero-order valence-electron chi connectivity index (χ0n) is 16.6. The number of hydrogen-bond donors (Lipinski definition) is 4. The molecule has 4 N–H and O–H groups in total. The maximum absolute atomic E-state index is 12.9. The molecule has 1 fully saturated rings. The third-order valence-corrected chi connectivity index (χ3v) is 5.09. The van der Waals surface area contributed by atoms with Crippen LogP contribution in [0.25, 0.3) is 10.9 Å². The first kappa shape index (κ1) is 18.9. The Bertz CT molecular complexity index is 1050. The fraction of sp³-hybridized carbons (Fsp3) is 0.286.